The molecule has 0 heterocycles. The third-order valence-corrected chi connectivity index (χ3v) is 16.9. The van der Waals surface area contributed by atoms with E-state index in [2.05, 4.69) is 205 Å². The molecule has 8 aromatic carbocycles. The molecule has 7 atom stereocenters. The summed E-state index contributed by atoms with van der Waals surface area (Å²) in [6.07, 6.45) is 5.80. The first kappa shape index (κ1) is 34.3. The first-order valence-electron chi connectivity index (χ1n) is 22.7. The van der Waals surface area contributed by atoms with E-state index in [0.717, 1.165) is 12.8 Å². The molecule has 0 aromatic heterocycles. The average Bonchev–Trinajstić information content (AvgIpc) is 3.47. The summed E-state index contributed by atoms with van der Waals surface area (Å²) in [7, 11) is 0. The van der Waals surface area contributed by atoms with Gasteiger partial charge < -0.3 is 4.90 Å². The molecule has 6 aliphatic rings. The third-order valence-electron chi connectivity index (χ3n) is 16.9. The minimum Gasteiger partial charge on any atom is -0.310 e. The van der Waals surface area contributed by atoms with Gasteiger partial charge >= 0.3 is 0 Å². The summed E-state index contributed by atoms with van der Waals surface area (Å²) in [5.41, 5.74) is 21.5. The van der Waals surface area contributed by atoms with Crippen LogP contribution >= 0.6 is 0 Å². The van der Waals surface area contributed by atoms with Crippen LogP contribution in [0.4, 0.5) is 17.1 Å². The summed E-state index contributed by atoms with van der Waals surface area (Å²) in [5.74, 6) is 1.54. The predicted octanol–water partition coefficient (Wildman–Crippen LogP) is 15.2. The van der Waals surface area contributed by atoms with Crippen molar-refractivity contribution in [1.29, 1.82) is 0 Å². The zero-order valence-corrected chi connectivity index (χ0v) is 34.3. The summed E-state index contributed by atoms with van der Waals surface area (Å²) >= 11 is 0. The third kappa shape index (κ3) is 4.32. The molecule has 6 aliphatic carbocycles. The van der Waals surface area contributed by atoms with Crippen LogP contribution < -0.4 is 4.90 Å². The molecule has 2 spiro atoms. The van der Waals surface area contributed by atoms with Crippen LogP contribution in [-0.2, 0) is 16.2 Å². The molecule has 6 bridgehead atoms. The Balaban J connectivity index is 1.18. The van der Waals surface area contributed by atoms with E-state index in [1.165, 1.54) is 69.7 Å². The van der Waals surface area contributed by atoms with Crippen molar-refractivity contribution in [2.45, 2.75) is 66.1 Å². The fraction of sp³-hybridized carbons (Fsp3) is 0.200. The molecular weight excluding hydrogens is 735 g/mol. The van der Waals surface area contributed by atoms with Gasteiger partial charge in [-0.3, -0.25) is 0 Å². The number of para-hydroxylation sites is 2. The van der Waals surface area contributed by atoms with Crippen LogP contribution in [0.5, 0.6) is 0 Å². The molecule has 14 rings (SSSR count). The minimum atomic E-state index is -0.153. The van der Waals surface area contributed by atoms with Crippen LogP contribution in [-0.4, -0.2) is 0 Å². The topological polar surface area (TPSA) is 3.24 Å². The second kappa shape index (κ2) is 12.3. The van der Waals surface area contributed by atoms with Crippen LogP contribution in [0, 0.1) is 5.92 Å². The molecule has 0 N–H and O–H groups in total. The Kier molecular flexibility index (Phi) is 6.93. The van der Waals surface area contributed by atoms with E-state index in [-0.39, 0.29) is 16.2 Å². The highest BCUT2D eigenvalue weighted by atomic mass is 15.1. The van der Waals surface area contributed by atoms with Crippen molar-refractivity contribution in [3.05, 3.63) is 234 Å². The van der Waals surface area contributed by atoms with Crippen LogP contribution in [0.3, 0.4) is 0 Å². The number of anilines is 3. The van der Waals surface area contributed by atoms with Gasteiger partial charge in [0.15, 0.2) is 0 Å². The van der Waals surface area contributed by atoms with Gasteiger partial charge in [0, 0.05) is 27.6 Å². The van der Waals surface area contributed by atoms with Crippen molar-refractivity contribution in [1.82, 2.24) is 0 Å². The lowest BCUT2D eigenvalue weighted by molar-refractivity contribution is -0.00397. The number of benzene rings is 8. The summed E-state index contributed by atoms with van der Waals surface area (Å²) in [5, 5.41) is 0. The van der Waals surface area contributed by atoms with Gasteiger partial charge in [-0.2, -0.15) is 0 Å². The Labute approximate surface area is 359 Å². The smallest absolute Gasteiger partial charge is 0.0505 e. The molecule has 0 saturated heterocycles. The van der Waals surface area contributed by atoms with Crippen LogP contribution in [0.1, 0.15) is 83.2 Å². The maximum absolute atomic E-state index is 2.61. The summed E-state index contributed by atoms with van der Waals surface area (Å²) in [6.45, 7) is 0. The van der Waals surface area contributed by atoms with Crippen molar-refractivity contribution in [2.75, 3.05) is 4.90 Å². The number of hydrogen-bond donors (Lipinski definition) is 0. The quantitative estimate of drug-likeness (QED) is 0.173. The molecule has 61 heavy (non-hydrogen) atoms. The zero-order valence-electron chi connectivity index (χ0n) is 34.3. The van der Waals surface area contributed by atoms with Gasteiger partial charge in [-0.15, -0.1) is 0 Å². The van der Waals surface area contributed by atoms with Crippen molar-refractivity contribution in [3.63, 3.8) is 0 Å². The lowest BCUT2D eigenvalue weighted by Crippen LogP contribution is -2.61. The molecule has 1 heteroatoms. The Morgan fingerprint density at radius 3 is 1.44 bits per heavy atom. The van der Waals surface area contributed by atoms with E-state index >= 15 is 0 Å². The molecule has 1 nitrogen and oxygen atoms in total. The Morgan fingerprint density at radius 2 is 0.803 bits per heavy atom. The molecule has 0 radical (unpaired) electrons. The molecule has 0 aliphatic heterocycles. The van der Waals surface area contributed by atoms with Gasteiger partial charge in [0.2, 0.25) is 0 Å². The molecular formula is C60H47N. The van der Waals surface area contributed by atoms with Gasteiger partial charge in [0.25, 0.3) is 0 Å². The largest absolute Gasteiger partial charge is 0.310 e. The van der Waals surface area contributed by atoms with Crippen molar-refractivity contribution < 1.29 is 0 Å². The highest BCUT2D eigenvalue weighted by molar-refractivity contribution is 5.89. The lowest BCUT2D eigenvalue weighted by Gasteiger charge is -2.64. The minimum absolute atomic E-state index is 0.0816. The van der Waals surface area contributed by atoms with Crippen LogP contribution in [0.2, 0.25) is 0 Å². The van der Waals surface area contributed by atoms with Gasteiger partial charge in [0.05, 0.1) is 5.69 Å². The predicted molar refractivity (Wildman–Crippen MR) is 250 cm³/mol. The number of fused-ring (bicyclic) bond motifs is 14. The van der Waals surface area contributed by atoms with Gasteiger partial charge in [-0.05, 0) is 153 Å². The maximum Gasteiger partial charge on any atom is 0.0505 e. The zero-order chi connectivity index (χ0) is 39.9. The molecule has 7 unspecified atom stereocenters. The summed E-state index contributed by atoms with van der Waals surface area (Å²) in [4.78, 5) is 2.61. The number of nitrogens with zero attached hydrogens (tertiary/aromatic N) is 1. The normalized spacial score (nSPS) is 27.5. The molecule has 3 saturated carbocycles. The Bertz CT molecular complexity index is 3030. The van der Waals surface area contributed by atoms with Crippen molar-refractivity contribution >= 4 is 17.1 Å². The van der Waals surface area contributed by atoms with Crippen LogP contribution in [0.25, 0.3) is 33.4 Å². The second-order valence-corrected chi connectivity index (χ2v) is 19.3. The van der Waals surface area contributed by atoms with Crippen molar-refractivity contribution in [3.8, 4) is 33.4 Å². The van der Waals surface area contributed by atoms with E-state index in [1.807, 2.05) is 0 Å². The van der Waals surface area contributed by atoms with E-state index in [4.69, 9.17) is 0 Å². The lowest BCUT2D eigenvalue weighted by atomic mass is 9.38. The Hall–Kier alpha value is -6.44. The Morgan fingerprint density at radius 1 is 0.344 bits per heavy atom. The maximum atomic E-state index is 2.61. The monoisotopic (exact) mass is 781 g/mol. The number of rotatable bonds is 3. The first-order valence-corrected chi connectivity index (χ1v) is 22.7. The highest BCUT2D eigenvalue weighted by Gasteiger charge is 2.76. The van der Waals surface area contributed by atoms with E-state index < -0.39 is 0 Å². The second-order valence-electron chi connectivity index (χ2n) is 19.3. The van der Waals surface area contributed by atoms with E-state index in [0.29, 0.717) is 23.7 Å². The van der Waals surface area contributed by atoms with Gasteiger partial charge in [-0.1, -0.05) is 170 Å². The summed E-state index contributed by atoms with van der Waals surface area (Å²) in [6, 6.07) is 78.1. The fourth-order valence-corrected chi connectivity index (χ4v) is 15.6. The van der Waals surface area contributed by atoms with Gasteiger partial charge in [0.1, 0.15) is 0 Å². The van der Waals surface area contributed by atoms with Crippen molar-refractivity contribution in [2.24, 2.45) is 5.92 Å². The van der Waals surface area contributed by atoms with E-state index in [1.54, 1.807) is 33.4 Å². The first-order chi connectivity index (χ1) is 30.2. The average molecular weight is 782 g/mol. The highest BCUT2D eigenvalue weighted by Crippen LogP contribution is 2.82. The van der Waals surface area contributed by atoms with Gasteiger partial charge in [-0.25, -0.2) is 0 Å². The van der Waals surface area contributed by atoms with E-state index in [9.17, 15) is 0 Å². The molecule has 0 amide bonds. The molecule has 3 fully saturated rings. The fourth-order valence-electron chi connectivity index (χ4n) is 15.6. The number of hydrogen-bond acceptors (Lipinski definition) is 1. The van der Waals surface area contributed by atoms with Crippen LogP contribution in [0.15, 0.2) is 200 Å². The standard InChI is InChI=1S/C60H47N/c1-3-18-41(19-4-1)61(42-20-5-2-6-21-42)55-33-17-30-51-47-26-11-12-29-50(47)54-38-59(56(51)55)36-39-34-58(52-31-15-13-27-48(52)45-24-9-7-22-43(39)45)35-40-37-60(54,57(58)59)53-32-16-14-28-49(53)46-25-10-8-23-44(40)46/h1-33,39-40,54,57H,34-38H2. The SMILES string of the molecule is c1ccc(N(c2ccccc2)c2cccc3c2C24CC5CC6(CC7CC(c8ccccc8-c8ccccc87)(C(C2)c2ccccc2-3)C64)c2ccccc2-c2ccccc25)cc1. The molecule has 8 aromatic rings. The summed E-state index contributed by atoms with van der Waals surface area (Å²) < 4.78 is 0. The molecule has 292 valence electrons.